The average molecular weight is 88.1 g/mol. The van der Waals surface area contributed by atoms with Crippen LogP contribution >= 0.6 is 0 Å². The van der Waals surface area contributed by atoms with Crippen molar-refractivity contribution in [3.8, 4) is 0 Å². The highest BCUT2D eigenvalue weighted by molar-refractivity contribution is 4.71. The Morgan fingerprint density at radius 1 is 1.50 bits per heavy atom. The number of hydrogen-bond acceptors (Lipinski definition) is 0. The van der Waals surface area contributed by atoms with Gasteiger partial charge in [0.25, 0.3) is 0 Å². The van der Waals surface area contributed by atoms with Gasteiger partial charge in [-0.25, -0.2) is 0 Å². The Hall–Kier alpha value is -0.0700. The van der Waals surface area contributed by atoms with Gasteiger partial charge < -0.3 is 0 Å². The molecule has 1 heteroatoms. The first-order valence-corrected chi connectivity index (χ1v) is 2.49. The second-order valence-corrected chi connectivity index (χ2v) is 1.92. The van der Waals surface area contributed by atoms with Crippen LogP contribution in [0.25, 0.3) is 0 Å². The van der Waals surface area contributed by atoms with Gasteiger partial charge in [0, 0.05) is 0 Å². The molecule has 6 heavy (non-hydrogen) atoms. The lowest BCUT2D eigenvalue weighted by Gasteiger charge is -1.80. The average Bonchev–Trinajstić information content (AvgIpc) is 2.21. The monoisotopic (exact) mass is 88.1 g/mol. The second-order valence-electron chi connectivity index (χ2n) is 1.92. The minimum atomic E-state index is -0.106. The molecule has 0 nitrogen and oxygen atoms in total. The molecular formula is C5H9F. The van der Waals surface area contributed by atoms with Gasteiger partial charge in [0.2, 0.25) is 0 Å². The van der Waals surface area contributed by atoms with Gasteiger partial charge >= 0.3 is 0 Å². The first kappa shape index (κ1) is 4.10. The Bertz CT molecular complexity index is 39.2. The van der Waals surface area contributed by atoms with Gasteiger partial charge in [-0.2, -0.15) is 0 Å². The molecule has 0 aromatic rings. The molecule has 0 amide bonds. The van der Waals surface area contributed by atoms with Gasteiger partial charge in [-0.05, 0) is 12.3 Å². The standard InChI is InChI=1S/C5H9F/c6-4-3-5-1-2-5/h5H,1-4H2. The van der Waals surface area contributed by atoms with Crippen LogP contribution in [-0.4, -0.2) is 6.67 Å². The van der Waals surface area contributed by atoms with E-state index in [1.54, 1.807) is 0 Å². The molecule has 0 aliphatic heterocycles. The maximum atomic E-state index is 11.3. The van der Waals surface area contributed by atoms with E-state index in [0.29, 0.717) is 0 Å². The van der Waals surface area contributed by atoms with Crippen molar-refractivity contribution in [2.45, 2.75) is 19.3 Å². The first-order valence-electron chi connectivity index (χ1n) is 2.49. The van der Waals surface area contributed by atoms with Crippen molar-refractivity contribution in [3.63, 3.8) is 0 Å². The molecule has 0 N–H and O–H groups in total. The van der Waals surface area contributed by atoms with E-state index in [1.165, 1.54) is 12.8 Å². The lowest BCUT2D eigenvalue weighted by atomic mass is 10.3. The van der Waals surface area contributed by atoms with Gasteiger partial charge in [-0.15, -0.1) is 0 Å². The first-order chi connectivity index (χ1) is 2.93. The fourth-order valence-electron chi connectivity index (χ4n) is 0.561. The Labute approximate surface area is 37.4 Å². The van der Waals surface area contributed by atoms with Crippen LogP contribution in [0, 0.1) is 5.92 Å². The molecule has 0 bridgehead atoms. The second kappa shape index (κ2) is 1.59. The van der Waals surface area contributed by atoms with Crippen molar-refractivity contribution < 1.29 is 4.39 Å². The van der Waals surface area contributed by atoms with E-state index < -0.39 is 0 Å². The molecule has 0 aromatic carbocycles. The maximum Gasteiger partial charge on any atom is 0.0897 e. The fraction of sp³-hybridized carbons (Fsp3) is 1.00. The van der Waals surface area contributed by atoms with E-state index in [0.717, 1.165) is 12.3 Å². The van der Waals surface area contributed by atoms with Crippen molar-refractivity contribution in [1.29, 1.82) is 0 Å². The lowest BCUT2D eigenvalue weighted by Crippen LogP contribution is -1.74. The Morgan fingerprint density at radius 2 is 2.17 bits per heavy atom. The molecular weight excluding hydrogens is 79.1 g/mol. The van der Waals surface area contributed by atoms with Crippen molar-refractivity contribution in [2.75, 3.05) is 6.67 Å². The van der Waals surface area contributed by atoms with Crippen LogP contribution in [-0.2, 0) is 0 Å². The summed E-state index contributed by atoms with van der Waals surface area (Å²) < 4.78 is 11.3. The fourth-order valence-corrected chi connectivity index (χ4v) is 0.561. The van der Waals surface area contributed by atoms with Gasteiger partial charge in [0.1, 0.15) is 0 Å². The summed E-state index contributed by atoms with van der Waals surface area (Å²) in [6.45, 7) is -0.106. The Balaban J connectivity index is 1.88. The summed E-state index contributed by atoms with van der Waals surface area (Å²) in [5.41, 5.74) is 0. The highest BCUT2D eigenvalue weighted by Crippen LogP contribution is 2.31. The van der Waals surface area contributed by atoms with E-state index >= 15 is 0 Å². The largest absolute Gasteiger partial charge is 0.251 e. The molecule has 0 atom stereocenters. The minimum Gasteiger partial charge on any atom is -0.251 e. The predicted octanol–water partition coefficient (Wildman–Crippen LogP) is 1.76. The number of halogens is 1. The third kappa shape index (κ3) is 0.959. The van der Waals surface area contributed by atoms with Crippen LogP contribution in [0.1, 0.15) is 19.3 Å². The zero-order valence-electron chi connectivity index (χ0n) is 3.78. The molecule has 0 radical (unpaired) electrons. The molecule has 0 aromatic heterocycles. The number of hydrogen-bond donors (Lipinski definition) is 0. The van der Waals surface area contributed by atoms with Crippen LogP contribution < -0.4 is 0 Å². The predicted molar refractivity (Wildman–Crippen MR) is 23.3 cm³/mol. The van der Waals surface area contributed by atoms with Gasteiger partial charge in [-0.3, -0.25) is 4.39 Å². The highest BCUT2D eigenvalue weighted by Gasteiger charge is 2.19. The zero-order chi connectivity index (χ0) is 4.41. The Morgan fingerprint density at radius 3 is 2.33 bits per heavy atom. The summed E-state index contributed by atoms with van der Waals surface area (Å²) >= 11 is 0. The van der Waals surface area contributed by atoms with Crippen LogP contribution in [0.5, 0.6) is 0 Å². The molecule has 0 spiro atoms. The van der Waals surface area contributed by atoms with Crippen molar-refractivity contribution in [3.05, 3.63) is 0 Å². The van der Waals surface area contributed by atoms with Crippen molar-refractivity contribution in [2.24, 2.45) is 5.92 Å². The van der Waals surface area contributed by atoms with E-state index in [2.05, 4.69) is 0 Å². The molecule has 0 unspecified atom stereocenters. The van der Waals surface area contributed by atoms with E-state index in [-0.39, 0.29) is 6.67 Å². The van der Waals surface area contributed by atoms with Gasteiger partial charge in [-0.1, -0.05) is 12.8 Å². The summed E-state index contributed by atoms with van der Waals surface area (Å²) in [6, 6.07) is 0. The topological polar surface area (TPSA) is 0 Å². The number of alkyl halides is 1. The van der Waals surface area contributed by atoms with E-state index in [1.807, 2.05) is 0 Å². The molecule has 1 rings (SSSR count). The summed E-state index contributed by atoms with van der Waals surface area (Å²) in [5.74, 6) is 0.773. The van der Waals surface area contributed by atoms with E-state index in [4.69, 9.17) is 0 Å². The summed E-state index contributed by atoms with van der Waals surface area (Å²) in [4.78, 5) is 0. The summed E-state index contributed by atoms with van der Waals surface area (Å²) in [6.07, 6.45) is 3.38. The van der Waals surface area contributed by atoms with Crippen molar-refractivity contribution >= 4 is 0 Å². The summed E-state index contributed by atoms with van der Waals surface area (Å²) in [7, 11) is 0. The minimum absolute atomic E-state index is 0.106. The molecule has 0 saturated heterocycles. The van der Waals surface area contributed by atoms with Crippen LogP contribution in [0.15, 0.2) is 0 Å². The highest BCUT2D eigenvalue weighted by atomic mass is 19.1. The number of rotatable bonds is 2. The molecule has 0 heterocycles. The molecule has 1 saturated carbocycles. The molecule has 1 fully saturated rings. The van der Waals surface area contributed by atoms with E-state index in [9.17, 15) is 4.39 Å². The third-order valence-electron chi connectivity index (χ3n) is 1.21. The molecule has 36 valence electrons. The Kier molecular flexibility index (Phi) is 1.08. The lowest BCUT2D eigenvalue weighted by molar-refractivity contribution is 0.454. The van der Waals surface area contributed by atoms with Crippen LogP contribution in [0.4, 0.5) is 4.39 Å². The SMILES string of the molecule is FCCC1CC1. The quantitative estimate of drug-likeness (QED) is 0.482. The third-order valence-corrected chi connectivity index (χ3v) is 1.21. The summed E-state index contributed by atoms with van der Waals surface area (Å²) in [5, 5.41) is 0. The van der Waals surface area contributed by atoms with Gasteiger partial charge in [0.05, 0.1) is 6.67 Å². The maximum absolute atomic E-state index is 11.3. The van der Waals surface area contributed by atoms with Gasteiger partial charge in [0.15, 0.2) is 0 Å². The normalized spacial score (nSPS) is 21.5. The van der Waals surface area contributed by atoms with Crippen LogP contribution in [0.3, 0.4) is 0 Å². The van der Waals surface area contributed by atoms with Crippen LogP contribution in [0.2, 0.25) is 0 Å². The smallest absolute Gasteiger partial charge is 0.0897 e. The zero-order valence-corrected chi connectivity index (χ0v) is 3.78. The molecule has 1 aliphatic carbocycles. The molecule has 1 aliphatic rings. The van der Waals surface area contributed by atoms with Crippen molar-refractivity contribution in [1.82, 2.24) is 0 Å².